The number of hydrogen-bond acceptors (Lipinski definition) is 3. The fraction of sp³-hybridized carbons (Fsp3) is 0.375. The first-order valence-electron chi connectivity index (χ1n) is 7.27. The van der Waals surface area contributed by atoms with Gasteiger partial charge in [0.05, 0.1) is 12.2 Å². The molecule has 0 fully saturated rings. The van der Waals surface area contributed by atoms with Crippen LogP contribution in [0, 0.1) is 0 Å². The van der Waals surface area contributed by atoms with Crippen LogP contribution in [-0.4, -0.2) is 24.5 Å². The van der Waals surface area contributed by atoms with Gasteiger partial charge in [0.2, 0.25) is 0 Å². The monoisotopic (exact) mass is 302 g/mol. The fourth-order valence-corrected chi connectivity index (χ4v) is 2.64. The van der Waals surface area contributed by atoms with Crippen molar-refractivity contribution in [3.05, 3.63) is 40.7 Å². The Kier molecular flexibility index (Phi) is 6.22. The number of unbranched alkanes of at least 4 members (excludes halogenated alkanes) is 1. The summed E-state index contributed by atoms with van der Waals surface area (Å²) < 4.78 is 0. The molecule has 1 aromatic carbocycles. The van der Waals surface area contributed by atoms with Gasteiger partial charge in [0.15, 0.2) is 5.96 Å². The van der Waals surface area contributed by atoms with Crippen LogP contribution >= 0.6 is 11.3 Å². The summed E-state index contributed by atoms with van der Waals surface area (Å²) in [6, 6.07) is 10.2. The molecule has 1 aromatic heterocycles. The van der Waals surface area contributed by atoms with Crippen LogP contribution in [0.3, 0.4) is 0 Å². The Balaban J connectivity index is 1.88. The van der Waals surface area contributed by atoms with E-state index in [0.717, 1.165) is 35.2 Å². The van der Waals surface area contributed by atoms with Crippen LogP contribution < -0.4 is 10.6 Å². The van der Waals surface area contributed by atoms with Gasteiger partial charge in [-0.05, 0) is 6.42 Å². The lowest BCUT2D eigenvalue weighted by molar-refractivity contribution is 0.728. The highest BCUT2D eigenvalue weighted by molar-refractivity contribution is 7.09. The van der Waals surface area contributed by atoms with Crippen molar-refractivity contribution >= 4 is 17.3 Å². The maximum absolute atomic E-state index is 4.66. The van der Waals surface area contributed by atoms with Crippen molar-refractivity contribution in [1.29, 1.82) is 0 Å². The summed E-state index contributed by atoms with van der Waals surface area (Å²) in [5, 5.41) is 9.75. The second-order valence-electron chi connectivity index (χ2n) is 4.70. The van der Waals surface area contributed by atoms with E-state index in [9.17, 15) is 0 Å². The van der Waals surface area contributed by atoms with E-state index in [1.54, 1.807) is 18.4 Å². The Morgan fingerprint density at radius 2 is 2.05 bits per heavy atom. The summed E-state index contributed by atoms with van der Waals surface area (Å²) in [7, 11) is 1.79. The van der Waals surface area contributed by atoms with E-state index in [4.69, 9.17) is 0 Å². The average Bonchev–Trinajstić information content (AvgIpc) is 3.00. The Labute approximate surface area is 130 Å². The molecule has 0 saturated heterocycles. The maximum Gasteiger partial charge on any atom is 0.191 e. The van der Waals surface area contributed by atoms with Crippen LogP contribution in [0.4, 0.5) is 0 Å². The highest BCUT2D eigenvalue weighted by Crippen LogP contribution is 2.21. The SMILES string of the molecule is CCCCNC(=NC)NCc1nc(-c2ccccc2)cs1. The minimum Gasteiger partial charge on any atom is -0.356 e. The van der Waals surface area contributed by atoms with E-state index in [1.165, 1.54) is 6.42 Å². The molecule has 4 nitrogen and oxygen atoms in total. The molecule has 2 aromatic rings. The summed E-state index contributed by atoms with van der Waals surface area (Å²) in [5.41, 5.74) is 2.19. The van der Waals surface area contributed by atoms with Gasteiger partial charge in [-0.3, -0.25) is 4.99 Å². The normalized spacial score (nSPS) is 11.4. The zero-order valence-electron chi connectivity index (χ0n) is 12.6. The number of aromatic nitrogens is 1. The number of guanidine groups is 1. The van der Waals surface area contributed by atoms with E-state index >= 15 is 0 Å². The molecule has 0 aliphatic heterocycles. The third-order valence-corrected chi connectivity index (χ3v) is 3.92. The van der Waals surface area contributed by atoms with Crippen LogP contribution in [0.15, 0.2) is 40.7 Å². The molecule has 0 saturated carbocycles. The van der Waals surface area contributed by atoms with Crippen molar-refractivity contribution in [2.24, 2.45) is 4.99 Å². The summed E-state index contributed by atoms with van der Waals surface area (Å²) >= 11 is 1.67. The predicted octanol–water partition coefficient (Wildman–Crippen LogP) is 3.28. The lowest BCUT2D eigenvalue weighted by atomic mass is 10.2. The molecule has 2 rings (SSSR count). The quantitative estimate of drug-likeness (QED) is 0.489. The molecule has 1 heterocycles. The van der Waals surface area contributed by atoms with Gasteiger partial charge in [0.1, 0.15) is 5.01 Å². The molecule has 0 bridgehead atoms. The average molecular weight is 302 g/mol. The molecule has 2 N–H and O–H groups in total. The maximum atomic E-state index is 4.66. The van der Waals surface area contributed by atoms with Gasteiger partial charge in [0.25, 0.3) is 0 Å². The molecule has 0 atom stereocenters. The highest BCUT2D eigenvalue weighted by atomic mass is 32.1. The third-order valence-electron chi connectivity index (χ3n) is 3.07. The molecule has 112 valence electrons. The van der Waals surface area contributed by atoms with Crippen molar-refractivity contribution in [2.45, 2.75) is 26.3 Å². The van der Waals surface area contributed by atoms with Crippen LogP contribution in [0.1, 0.15) is 24.8 Å². The highest BCUT2D eigenvalue weighted by Gasteiger charge is 2.05. The molecule has 5 heteroatoms. The molecule has 0 spiro atoms. The van der Waals surface area contributed by atoms with Crippen molar-refractivity contribution in [2.75, 3.05) is 13.6 Å². The number of thiazole rings is 1. The van der Waals surface area contributed by atoms with Crippen molar-refractivity contribution in [3.8, 4) is 11.3 Å². The van der Waals surface area contributed by atoms with E-state index in [1.807, 2.05) is 18.2 Å². The first-order chi connectivity index (χ1) is 10.3. The lowest BCUT2D eigenvalue weighted by Gasteiger charge is -2.10. The van der Waals surface area contributed by atoms with Crippen LogP contribution in [0.5, 0.6) is 0 Å². The predicted molar refractivity (Wildman–Crippen MR) is 90.7 cm³/mol. The standard InChI is InChI=1S/C16H22N4S/c1-3-4-10-18-16(17-2)19-11-15-20-14(12-21-15)13-8-6-5-7-9-13/h5-9,12H,3-4,10-11H2,1-2H3,(H2,17,18,19). The molecule has 0 amide bonds. The number of benzene rings is 1. The first-order valence-corrected chi connectivity index (χ1v) is 8.15. The second kappa shape index (κ2) is 8.42. The van der Waals surface area contributed by atoms with Crippen LogP contribution in [0.2, 0.25) is 0 Å². The zero-order chi connectivity index (χ0) is 14.9. The van der Waals surface area contributed by atoms with Crippen molar-refractivity contribution < 1.29 is 0 Å². The summed E-state index contributed by atoms with van der Waals surface area (Å²) in [6.45, 7) is 3.82. The van der Waals surface area contributed by atoms with Gasteiger partial charge in [-0.2, -0.15) is 0 Å². The van der Waals surface area contributed by atoms with Gasteiger partial charge in [-0.25, -0.2) is 4.98 Å². The molecule has 0 aliphatic carbocycles. The zero-order valence-corrected chi connectivity index (χ0v) is 13.4. The Bertz CT molecular complexity index is 563. The Morgan fingerprint density at radius 1 is 1.24 bits per heavy atom. The topological polar surface area (TPSA) is 49.3 Å². The molecule has 0 radical (unpaired) electrons. The summed E-state index contributed by atoms with van der Waals surface area (Å²) in [4.78, 5) is 8.87. The van der Waals surface area contributed by atoms with E-state index in [-0.39, 0.29) is 0 Å². The number of hydrogen-bond donors (Lipinski definition) is 2. The van der Waals surface area contributed by atoms with Gasteiger partial charge in [-0.1, -0.05) is 43.7 Å². The number of aliphatic imine (C=N–C) groups is 1. The Morgan fingerprint density at radius 3 is 2.76 bits per heavy atom. The van der Waals surface area contributed by atoms with Crippen LogP contribution in [0.25, 0.3) is 11.3 Å². The minimum absolute atomic E-state index is 0.698. The molecular weight excluding hydrogens is 280 g/mol. The summed E-state index contributed by atoms with van der Waals surface area (Å²) in [6.07, 6.45) is 2.33. The van der Waals surface area contributed by atoms with E-state index < -0.39 is 0 Å². The van der Waals surface area contributed by atoms with Gasteiger partial charge < -0.3 is 10.6 Å². The van der Waals surface area contributed by atoms with Gasteiger partial charge in [0, 0.05) is 24.5 Å². The lowest BCUT2D eigenvalue weighted by Crippen LogP contribution is -2.37. The minimum atomic E-state index is 0.698. The van der Waals surface area contributed by atoms with Gasteiger partial charge >= 0.3 is 0 Å². The molecular formula is C16H22N4S. The van der Waals surface area contributed by atoms with Crippen molar-refractivity contribution in [3.63, 3.8) is 0 Å². The van der Waals surface area contributed by atoms with E-state index in [0.29, 0.717) is 6.54 Å². The smallest absolute Gasteiger partial charge is 0.191 e. The van der Waals surface area contributed by atoms with E-state index in [2.05, 4.69) is 45.0 Å². The number of nitrogens with zero attached hydrogens (tertiary/aromatic N) is 2. The largest absolute Gasteiger partial charge is 0.356 e. The molecule has 21 heavy (non-hydrogen) atoms. The number of nitrogens with one attached hydrogen (secondary N) is 2. The second-order valence-corrected chi connectivity index (χ2v) is 5.64. The number of rotatable bonds is 6. The first kappa shape index (κ1) is 15.5. The third kappa shape index (κ3) is 4.86. The molecule has 0 aliphatic rings. The fourth-order valence-electron chi connectivity index (χ4n) is 1.90. The van der Waals surface area contributed by atoms with Crippen molar-refractivity contribution in [1.82, 2.24) is 15.6 Å². The summed E-state index contributed by atoms with van der Waals surface area (Å²) in [5.74, 6) is 0.833. The van der Waals surface area contributed by atoms with Gasteiger partial charge in [-0.15, -0.1) is 11.3 Å². The molecule has 0 unspecified atom stereocenters. The van der Waals surface area contributed by atoms with Crippen LogP contribution in [-0.2, 0) is 6.54 Å². The Hall–Kier alpha value is -1.88.